The third-order valence-corrected chi connectivity index (χ3v) is 1.99. The lowest BCUT2D eigenvalue weighted by Gasteiger charge is -1.98. The number of nitrogens with zero attached hydrogens (tertiary/aromatic N) is 2. The Hall–Kier alpha value is -1.97. The number of allylic oxidation sites excluding steroid dienone is 1. The van der Waals surface area contributed by atoms with Crippen molar-refractivity contribution in [1.29, 1.82) is 0 Å². The summed E-state index contributed by atoms with van der Waals surface area (Å²) in [6.07, 6.45) is 0. The fourth-order valence-corrected chi connectivity index (χ4v) is 1.28. The molecule has 0 spiro atoms. The molecule has 0 saturated heterocycles. The fourth-order valence-electron chi connectivity index (χ4n) is 1.28. The molecule has 0 unspecified atom stereocenters. The molecule has 2 aromatic rings. The van der Waals surface area contributed by atoms with E-state index in [9.17, 15) is 4.79 Å². The van der Waals surface area contributed by atoms with Crippen molar-refractivity contribution in [3.8, 4) is 0 Å². The van der Waals surface area contributed by atoms with Crippen LogP contribution in [0.15, 0.2) is 30.4 Å². The van der Waals surface area contributed by atoms with Gasteiger partial charge in [-0.15, -0.1) is 5.10 Å². The van der Waals surface area contributed by atoms with E-state index in [1.54, 1.807) is 19.1 Å². The summed E-state index contributed by atoms with van der Waals surface area (Å²) in [5.41, 5.74) is 2.40. The molecule has 0 aliphatic carbocycles. The van der Waals surface area contributed by atoms with Crippen molar-refractivity contribution in [3.63, 3.8) is 0 Å². The molecule has 0 aliphatic rings. The second kappa shape index (κ2) is 3.06. The van der Waals surface area contributed by atoms with E-state index in [0.29, 0.717) is 16.7 Å². The van der Waals surface area contributed by atoms with E-state index in [1.807, 2.05) is 6.07 Å². The summed E-state index contributed by atoms with van der Waals surface area (Å²) in [6, 6.07) is 5.34. The maximum atomic E-state index is 11.7. The van der Waals surface area contributed by atoms with E-state index in [-0.39, 0.29) is 5.78 Å². The van der Waals surface area contributed by atoms with E-state index < -0.39 is 0 Å². The molecule has 0 atom stereocenters. The highest BCUT2D eigenvalue weighted by atomic mass is 16.1. The van der Waals surface area contributed by atoms with Gasteiger partial charge < -0.3 is 0 Å². The van der Waals surface area contributed by atoms with Gasteiger partial charge in [0.05, 0.1) is 11.1 Å². The summed E-state index contributed by atoms with van der Waals surface area (Å²) in [4.78, 5) is 11.7. The Bertz CT molecular complexity index is 513. The van der Waals surface area contributed by atoms with E-state index in [0.717, 1.165) is 5.52 Å². The van der Waals surface area contributed by atoms with Crippen LogP contribution in [-0.2, 0) is 0 Å². The molecular formula is C10H9N3O. The fraction of sp³-hybridized carbons (Fsp3) is 0.100. The lowest BCUT2D eigenvalue weighted by Crippen LogP contribution is -2.00. The number of fused-ring (bicyclic) bond motifs is 1. The van der Waals surface area contributed by atoms with Crippen LogP contribution in [-0.4, -0.2) is 21.2 Å². The van der Waals surface area contributed by atoms with Crippen molar-refractivity contribution >= 4 is 16.8 Å². The molecule has 1 aromatic heterocycles. The van der Waals surface area contributed by atoms with Crippen LogP contribution < -0.4 is 0 Å². The highest BCUT2D eigenvalue weighted by Gasteiger charge is 2.12. The first-order valence-corrected chi connectivity index (χ1v) is 4.20. The molecule has 1 N–H and O–H groups in total. The van der Waals surface area contributed by atoms with Crippen molar-refractivity contribution in [2.45, 2.75) is 6.92 Å². The number of aromatic amines is 1. The first kappa shape index (κ1) is 8.62. The summed E-state index contributed by atoms with van der Waals surface area (Å²) in [7, 11) is 0. The van der Waals surface area contributed by atoms with Crippen LogP contribution >= 0.6 is 0 Å². The zero-order valence-corrected chi connectivity index (χ0v) is 7.74. The number of hydrogen-bond donors (Lipinski definition) is 1. The summed E-state index contributed by atoms with van der Waals surface area (Å²) < 4.78 is 0. The number of nitrogens with one attached hydrogen (secondary N) is 1. The molecule has 0 saturated carbocycles. The second-order valence-electron chi connectivity index (χ2n) is 3.12. The van der Waals surface area contributed by atoms with Crippen LogP contribution in [0.3, 0.4) is 0 Å². The number of carbonyl (C=O) groups excluding carboxylic acids is 1. The zero-order chi connectivity index (χ0) is 10.1. The third kappa shape index (κ3) is 1.21. The molecule has 70 valence electrons. The Morgan fingerprint density at radius 1 is 1.50 bits per heavy atom. The van der Waals surface area contributed by atoms with Gasteiger partial charge in [0, 0.05) is 0 Å². The van der Waals surface area contributed by atoms with Gasteiger partial charge in [-0.1, -0.05) is 17.9 Å². The number of Topliss-reactive ketones (excluding diaryl/α,β-unsaturated/α-hetero) is 1. The standard InChI is InChI=1S/C10H9N3O/c1-6(2)10(14)7-4-3-5-8-9(7)12-13-11-8/h3-5H,1H2,2H3,(H,11,12,13). The number of benzene rings is 1. The Kier molecular flexibility index (Phi) is 1.89. The maximum absolute atomic E-state index is 11.7. The minimum absolute atomic E-state index is 0.0931. The molecule has 4 nitrogen and oxygen atoms in total. The number of hydrogen-bond acceptors (Lipinski definition) is 3. The highest BCUT2D eigenvalue weighted by molar-refractivity contribution is 6.14. The van der Waals surface area contributed by atoms with Crippen molar-refractivity contribution < 1.29 is 4.79 Å². The lowest BCUT2D eigenvalue weighted by molar-refractivity contribution is 0.103. The minimum Gasteiger partial charge on any atom is -0.289 e. The van der Waals surface area contributed by atoms with Crippen molar-refractivity contribution in [1.82, 2.24) is 15.4 Å². The van der Waals surface area contributed by atoms with Crippen LogP contribution in [0, 0.1) is 0 Å². The highest BCUT2D eigenvalue weighted by Crippen LogP contribution is 2.16. The van der Waals surface area contributed by atoms with Crippen LogP contribution in [0.4, 0.5) is 0 Å². The molecule has 0 aliphatic heterocycles. The van der Waals surface area contributed by atoms with Crippen LogP contribution in [0.5, 0.6) is 0 Å². The van der Waals surface area contributed by atoms with E-state index in [2.05, 4.69) is 22.0 Å². The van der Waals surface area contributed by atoms with Gasteiger partial charge in [-0.2, -0.15) is 0 Å². The molecular weight excluding hydrogens is 178 g/mol. The summed E-state index contributed by atoms with van der Waals surface area (Å²) in [6.45, 7) is 5.30. The molecule has 0 fully saturated rings. The van der Waals surface area contributed by atoms with Gasteiger partial charge in [-0.3, -0.25) is 9.89 Å². The average molecular weight is 187 g/mol. The predicted molar refractivity (Wildman–Crippen MR) is 53.0 cm³/mol. The third-order valence-electron chi connectivity index (χ3n) is 1.99. The molecule has 14 heavy (non-hydrogen) atoms. The molecule has 0 amide bonds. The maximum Gasteiger partial charge on any atom is 0.190 e. The van der Waals surface area contributed by atoms with Crippen molar-refractivity contribution in [2.75, 3.05) is 0 Å². The van der Waals surface area contributed by atoms with Gasteiger partial charge in [-0.25, -0.2) is 0 Å². The van der Waals surface area contributed by atoms with E-state index in [1.165, 1.54) is 0 Å². The monoisotopic (exact) mass is 187 g/mol. The Balaban J connectivity index is 2.67. The second-order valence-corrected chi connectivity index (χ2v) is 3.12. The number of aromatic nitrogens is 3. The quantitative estimate of drug-likeness (QED) is 0.575. The van der Waals surface area contributed by atoms with E-state index in [4.69, 9.17) is 0 Å². The van der Waals surface area contributed by atoms with Crippen LogP contribution in [0.2, 0.25) is 0 Å². The molecule has 4 heteroatoms. The Morgan fingerprint density at radius 3 is 3.00 bits per heavy atom. The van der Waals surface area contributed by atoms with Crippen molar-refractivity contribution in [3.05, 3.63) is 35.9 Å². The number of H-pyrrole nitrogens is 1. The van der Waals surface area contributed by atoms with Crippen LogP contribution in [0.1, 0.15) is 17.3 Å². The minimum atomic E-state index is -0.0931. The number of rotatable bonds is 2. The van der Waals surface area contributed by atoms with Gasteiger partial charge >= 0.3 is 0 Å². The van der Waals surface area contributed by atoms with Gasteiger partial charge in [-0.05, 0) is 24.6 Å². The summed E-state index contributed by atoms with van der Waals surface area (Å²) >= 11 is 0. The topological polar surface area (TPSA) is 58.6 Å². The molecule has 1 aromatic carbocycles. The van der Waals surface area contributed by atoms with Crippen LogP contribution in [0.25, 0.3) is 11.0 Å². The number of carbonyl (C=O) groups is 1. The first-order valence-electron chi connectivity index (χ1n) is 4.20. The smallest absolute Gasteiger partial charge is 0.190 e. The lowest BCUT2D eigenvalue weighted by atomic mass is 10.0. The summed E-state index contributed by atoms with van der Waals surface area (Å²) in [5, 5.41) is 10.2. The van der Waals surface area contributed by atoms with Gasteiger partial charge in [0.25, 0.3) is 0 Å². The van der Waals surface area contributed by atoms with E-state index >= 15 is 0 Å². The molecule has 0 bridgehead atoms. The SMILES string of the molecule is C=C(C)C(=O)c1cccc2[nH]nnc12. The first-order chi connectivity index (χ1) is 6.70. The largest absolute Gasteiger partial charge is 0.289 e. The molecule has 2 rings (SSSR count). The Morgan fingerprint density at radius 2 is 2.29 bits per heavy atom. The molecule has 1 heterocycles. The number of ketones is 1. The van der Waals surface area contributed by atoms with Gasteiger partial charge in [0.2, 0.25) is 0 Å². The summed E-state index contributed by atoms with van der Waals surface area (Å²) in [5.74, 6) is -0.0931. The van der Waals surface area contributed by atoms with Crippen molar-refractivity contribution in [2.24, 2.45) is 0 Å². The average Bonchev–Trinajstić information content (AvgIpc) is 2.63. The van der Waals surface area contributed by atoms with Gasteiger partial charge in [0.15, 0.2) is 5.78 Å². The molecule has 0 radical (unpaired) electrons. The van der Waals surface area contributed by atoms with Gasteiger partial charge in [0.1, 0.15) is 5.52 Å². The normalized spacial score (nSPS) is 10.4. The zero-order valence-electron chi connectivity index (χ0n) is 7.74. The predicted octanol–water partition coefficient (Wildman–Crippen LogP) is 1.72. The Labute approximate surface area is 80.6 Å².